The van der Waals surface area contributed by atoms with E-state index in [4.69, 9.17) is 0 Å². The Morgan fingerprint density at radius 1 is 1.38 bits per heavy atom. The first-order valence-electron chi connectivity index (χ1n) is 7.99. The molecule has 8 nitrogen and oxygen atoms in total. The Hall–Kier alpha value is -2.45. The van der Waals surface area contributed by atoms with Crippen molar-refractivity contribution in [2.75, 3.05) is 39.3 Å². The second-order valence-corrected chi connectivity index (χ2v) is 5.90. The second-order valence-electron chi connectivity index (χ2n) is 5.90. The number of pyridine rings is 1. The standard InChI is InChI=1S/C16H21N5O3/c1-11-2-3-12-19-15(23)13(16(24)21(12)10-11)14(22)18-6-9-20-7-4-17-5-8-20/h2-3,10,17,23H,4-9H2,1H3,(H,18,22). The van der Waals surface area contributed by atoms with Crippen LogP contribution in [0.5, 0.6) is 5.88 Å². The summed E-state index contributed by atoms with van der Waals surface area (Å²) in [6, 6.07) is 3.41. The van der Waals surface area contributed by atoms with E-state index in [0.29, 0.717) is 18.7 Å². The lowest BCUT2D eigenvalue weighted by atomic mass is 10.2. The molecule has 128 valence electrons. The van der Waals surface area contributed by atoms with Crippen molar-refractivity contribution in [3.05, 3.63) is 39.8 Å². The molecule has 0 atom stereocenters. The fourth-order valence-electron chi connectivity index (χ4n) is 2.78. The van der Waals surface area contributed by atoms with Crippen LogP contribution < -0.4 is 16.2 Å². The van der Waals surface area contributed by atoms with E-state index < -0.39 is 17.3 Å². The van der Waals surface area contributed by atoms with Crippen LogP contribution in [0.25, 0.3) is 5.65 Å². The summed E-state index contributed by atoms with van der Waals surface area (Å²) in [5.74, 6) is -1.14. The van der Waals surface area contributed by atoms with E-state index >= 15 is 0 Å². The fraction of sp³-hybridized carbons (Fsp3) is 0.438. The lowest BCUT2D eigenvalue weighted by molar-refractivity contribution is 0.0942. The number of aromatic nitrogens is 2. The molecule has 1 aliphatic rings. The summed E-state index contributed by atoms with van der Waals surface area (Å²) >= 11 is 0. The molecule has 0 saturated carbocycles. The summed E-state index contributed by atoms with van der Waals surface area (Å²) in [5, 5.41) is 15.9. The average molecular weight is 331 g/mol. The molecule has 0 aliphatic carbocycles. The normalized spacial score (nSPS) is 15.5. The molecule has 0 aromatic carbocycles. The van der Waals surface area contributed by atoms with E-state index in [1.807, 2.05) is 6.92 Å². The predicted molar refractivity (Wildman–Crippen MR) is 89.5 cm³/mol. The largest absolute Gasteiger partial charge is 0.493 e. The fourth-order valence-corrected chi connectivity index (χ4v) is 2.78. The van der Waals surface area contributed by atoms with E-state index in [9.17, 15) is 14.7 Å². The maximum Gasteiger partial charge on any atom is 0.274 e. The molecule has 24 heavy (non-hydrogen) atoms. The van der Waals surface area contributed by atoms with Gasteiger partial charge in [0.25, 0.3) is 11.5 Å². The molecule has 0 spiro atoms. The van der Waals surface area contributed by atoms with Crippen molar-refractivity contribution < 1.29 is 9.90 Å². The molecule has 1 aliphatic heterocycles. The number of rotatable bonds is 4. The molecule has 0 radical (unpaired) electrons. The summed E-state index contributed by atoms with van der Waals surface area (Å²) in [4.78, 5) is 31.0. The third kappa shape index (κ3) is 3.39. The highest BCUT2D eigenvalue weighted by Crippen LogP contribution is 2.11. The number of fused-ring (bicyclic) bond motifs is 1. The van der Waals surface area contributed by atoms with Gasteiger partial charge < -0.3 is 15.7 Å². The van der Waals surface area contributed by atoms with Gasteiger partial charge in [-0.05, 0) is 18.6 Å². The minimum atomic E-state index is -0.601. The van der Waals surface area contributed by atoms with Crippen LogP contribution in [0, 0.1) is 6.92 Å². The first kappa shape index (κ1) is 16.4. The molecule has 3 heterocycles. The molecule has 3 N–H and O–H groups in total. The molecule has 3 rings (SSSR count). The van der Waals surface area contributed by atoms with E-state index in [1.54, 1.807) is 18.3 Å². The zero-order chi connectivity index (χ0) is 17.1. The third-order valence-corrected chi connectivity index (χ3v) is 4.10. The van der Waals surface area contributed by atoms with E-state index in [0.717, 1.165) is 31.7 Å². The summed E-state index contributed by atoms with van der Waals surface area (Å²) in [6.45, 7) is 6.69. The van der Waals surface area contributed by atoms with Gasteiger partial charge in [-0.25, -0.2) is 0 Å². The van der Waals surface area contributed by atoms with E-state index in [-0.39, 0.29) is 5.56 Å². The van der Waals surface area contributed by atoms with Crippen LogP contribution in [0.1, 0.15) is 15.9 Å². The molecule has 1 amide bonds. The Balaban J connectivity index is 1.75. The van der Waals surface area contributed by atoms with E-state index in [2.05, 4.69) is 20.5 Å². The maximum atomic E-state index is 12.5. The predicted octanol–water partition coefficient (Wildman–Crippen LogP) is -0.656. The number of carbonyl (C=O) groups excluding carboxylic acids is 1. The summed E-state index contributed by atoms with van der Waals surface area (Å²) in [5.41, 5.74) is 0.280. The summed E-state index contributed by atoms with van der Waals surface area (Å²) < 4.78 is 1.28. The van der Waals surface area contributed by atoms with Gasteiger partial charge in [0.1, 0.15) is 5.65 Å². The van der Waals surface area contributed by atoms with Crippen LogP contribution in [-0.4, -0.2) is 64.6 Å². The minimum absolute atomic E-state index is 0.306. The molecule has 1 fully saturated rings. The second kappa shape index (κ2) is 6.98. The van der Waals surface area contributed by atoms with Gasteiger partial charge in [-0.1, -0.05) is 6.07 Å². The van der Waals surface area contributed by atoms with Crippen LogP contribution in [0.4, 0.5) is 0 Å². The van der Waals surface area contributed by atoms with Gasteiger partial charge in [0.05, 0.1) is 0 Å². The highest BCUT2D eigenvalue weighted by Gasteiger charge is 2.20. The van der Waals surface area contributed by atoms with Crippen molar-refractivity contribution in [1.29, 1.82) is 0 Å². The minimum Gasteiger partial charge on any atom is -0.493 e. The van der Waals surface area contributed by atoms with Crippen molar-refractivity contribution in [1.82, 2.24) is 24.9 Å². The maximum absolute atomic E-state index is 12.5. The topological polar surface area (TPSA) is 99.0 Å². The zero-order valence-corrected chi connectivity index (χ0v) is 13.6. The summed E-state index contributed by atoms with van der Waals surface area (Å²) in [7, 11) is 0. The van der Waals surface area contributed by atoms with Crippen molar-refractivity contribution in [2.45, 2.75) is 6.92 Å². The van der Waals surface area contributed by atoms with Crippen molar-refractivity contribution >= 4 is 11.6 Å². The number of piperazine rings is 1. The lowest BCUT2D eigenvalue weighted by Crippen LogP contribution is -2.46. The Kier molecular flexibility index (Phi) is 4.77. The van der Waals surface area contributed by atoms with Crippen LogP contribution >= 0.6 is 0 Å². The SMILES string of the molecule is Cc1ccc2nc(O)c(C(=O)NCCN3CCNCC3)c(=O)n2c1. The van der Waals surface area contributed by atoms with Gasteiger partial charge in [-0.2, -0.15) is 4.98 Å². The number of aryl methyl sites for hydroxylation is 1. The Labute approximate surface area is 139 Å². The molecule has 8 heteroatoms. The molecule has 1 saturated heterocycles. The Bertz CT molecular complexity index is 811. The molecular weight excluding hydrogens is 310 g/mol. The van der Waals surface area contributed by atoms with Gasteiger partial charge in [0.2, 0.25) is 5.88 Å². The van der Waals surface area contributed by atoms with Gasteiger partial charge >= 0.3 is 0 Å². The summed E-state index contributed by atoms with van der Waals surface area (Å²) in [6.07, 6.45) is 1.60. The number of nitrogens with one attached hydrogen (secondary N) is 2. The zero-order valence-electron chi connectivity index (χ0n) is 13.6. The number of hydrogen-bond donors (Lipinski definition) is 3. The Morgan fingerprint density at radius 3 is 2.88 bits per heavy atom. The Morgan fingerprint density at radius 2 is 2.12 bits per heavy atom. The number of hydrogen-bond acceptors (Lipinski definition) is 6. The van der Waals surface area contributed by atoms with Gasteiger partial charge in [-0.3, -0.25) is 18.9 Å². The molecular formula is C16H21N5O3. The van der Waals surface area contributed by atoms with Crippen molar-refractivity contribution in [3.8, 4) is 5.88 Å². The number of nitrogens with zero attached hydrogens (tertiary/aromatic N) is 3. The number of amides is 1. The van der Waals surface area contributed by atoms with Crippen LogP contribution in [0.2, 0.25) is 0 Å². The quantitative estimate of drug-likeness (QED) is 0.688. The van der Waals surface area contributed by atoms with Gasteiger partial charge in [-0.15, -0.1) is 0 Å². The molecule has 2 aromatic rings. The van der Waals surface area contributed by atoms with Gasteiger partial charge in [0, 0.05) is 45.5 Å². The first-order valence-corrected chi connectivity index (χ1v) is 7.99. The highest BCUT2D eigenvalue weighted by atomic mass is 16.3. The van der Waals surface area contributed by atoms with Crippen molar-refractivity contribution in [2.24, 2.45) is 0 Å². The van der Waals surface area contributed by atoms with Crippen LogP contribution in [-0.2, 0) is 0 Å². The molecule has 0 bridgehead atoms. The first-order chi connectivity index (χ1) is 11.6. The average Bonchev–Trinajstić information content (AvgIpc) is 2.57. The van der Waals surface area contributed by atoms with Crippen molar-refractivity contribution in [3.63, 3.8) is 0 Å². The van der Waals surface area contributed by atoms with Gasteiger partial charge in [0.15, 0.2) is 5.56 Å². The highest BCUT2D eigenvalue weighted by molar-refractivity contribution is 5.96. The van der Waals surface area contributed by atoms with Crippen LogP contribution in [0.3, 0.4) is 0 Å². The number of aromatic hydroxyl groups is 1. The lowest BCUT2D eigenvalue weighted by Gasteiger charge is -2.27. The number of carbonyl (C=O) groups is 1. The monoisotopic (exact) mass is 331 g/mol. The van der Waals surface area contributed by atoms with E-state index in [1.165, 1.54) is 4.40 Å². The smallest absolute Gasteiger partial charge is 0.274 e. The van der Waals surface area contributed by atoms with Crippen LogP contribution in [0.15, 0.2) is 23.1 Å². The molecule has 0 unspecified atom stereocenters. The molecule has 2 aromatic heterocycles. The third-order valence-electron chi connectivity index (χ3n) is 4.10.